The number of ether oxygens (including phenoxy) is 1. The summed E-state index contributed by atoms with van der Waals surface area (Å²) in [5.74, 6) is -0.384. The van der Waals surface area contributed by atoms with Crippen molar-refractivity contribution in [2.75, 3.05) is 0 Å². The Morgan fingerprint density at radius 1 is 1.29 bits per heavy atom. The molecule has 2 nitrogen and oxygen atoms in total. The highest BCUT2D eigenvalue weighted by atomic mass is 19.4. The molecule has 0 aromatic heterocycles. The lowest BCUT2D eigenvalue weighted by molar-refractivity contribution is -0.275. The highest BCUT2D eigenvalue weighted by Crippen LogP contribution is 2.31. The number of aliphatic hydroxyl groups excluding tert-OH is 1. The van der Waals surface area contributed by atoms with Gasteiger partial charge in [0.15, 0.2) is 0 Å². The molecule has 1 aromatic rings. The van der Waals surface area contributed by atoms with E-state index in [9.17, 15) is 18.3 Å². The third-order valence-corrected chi connectivity index (χ3v) is 1.95. The zero-order valence-corrected chi connectivity index (χ0v) is 9.45. The highest BCUT2D eigenvalue weighted by Gasteiger charge is 2.32. The van der Waals surface area contributed by atoms with E-state index in [-0.39, 0.29) is 11.3 Å². The van der Waals surface area contributed by atoms with E-state index in [0.717, 1.165) is 5.57 Å². The molecule has 94 valence electrons. The molecule has 0 aliphatic rings. The Morgan fingerprint density at radius 2 is 1.88 bits per heavy atom. The maximum atomic E-state index is 12.1. The predicted octanol–water partition coefficient (Wildman–Crippen LogP) is 3.58. The summed E-state index contributed by atoms with van der Waals surface area (Å²) in [6, 6.07) is 5.52. The predicted molar refractivity (Wildman–Crippen MR) is 57.5 cm³/mol. The van der Waals surface area contributed by atoms with E-state index < -0.39 is 12.5 Å². The molecular weight excluding hydrogens is 233 g/mol. The molecule has 1 N–H and O–H groups in total. The molecule has 0 saturated heterocycles. The lowest BCUT2D eigenvalue weighted by Gasteiger charge is -2.15. The van der Waals surface area contributed by atoms with Crippen molar-refractivity contribution >= 4 is 0 Å². The van der Waals surface area contributed by atoms with Crippen LogP contribution in [0.4, 0.5) is 13.2 Å². The number of hydrogen-bond acceptors (Lipinski definition) is 2. The van der Waals surface area contributed by atoms with Crippen molar-refractivity contribution in [3.05, 3.63) is 41.5 Å². The number of hydrogen-bond donors (Lipinski definition) is 1. The van der Waals surface area contributed by atoms with Crippen LogP contribution in [0.2, 0.25) is 0 Å². The van der Waals surface area contributed by atoms with E-state index in [1.165, 1.54) is 24.3 Å². The maximum absolute atomic E-state index is 12.1. The first kappa shape index (κ1) is 13.6. The van der Waals surface area contributed by atoms with Crippen LogP contribution in [0, 0.1) is 0 Å². The molecule has 0 fully saturated rings. The van der Waals surface area contributed by atoms with Crippen molar-refractivity contribution in [2.45, 2.75) is 26.3 Å². The summed E-state index contributed by atoms with van der Waals surface area (Å²) in [5, 5.41) is 9.74. The molecule has 0 bridgehead atoms. The van der Waals surface area contributed by atoms with Gasteiger partial charge in [0.1, 0.15) is 11.9 Å². The minimum absolute atomic E-state index is 0.0889. The summed E-state index contributed by atoms with van der Waals surface area (Å²) in [6.07, 6.45) is -4.42. The molecule has 1 rings (SSSR count). The summed E-state index contributed by atoms with van der Waals surface area (Å²) in [7, 11) is 0. The molecule has 5 heteroatoms. The molecule has 0 aliphatic carbocycles. The second kappa shape index (κ2) is 5.23. The third-order valence-electron chi connectivity index (χ3n) is 1.95. The van der Waals surface area contributed by atoms with Gasteiger partial charge in [-0.1, -0.05) is 29.8 Å². The number of rotatable bonds is 3. The monoisotopic (exact) mass is 246 g/mol. The normalized spacial score (nSPS) is 13.1. The molecule has 1 atom stereocenters. The van der Waals surface area contributed by atoms with E-state index in [1.807, 2.05) is 0 Å². The number of alkyl halides is 3. The average Bonchev–Trinajstić information content (AvgIpc) is 2.14. The van der Waals surface area contributed by atoms with Crippen molar-refractivity contribution < 1.29 is 23.0 Å². The van der Waals surface area contributed by atoms with E-state index in [2.05, 4.69) is 4.74 Å². The number of para-hydroxylation sites is 1. The molecule has 0 radical (unpaired) electrons. The molecule has 1 unspecified atom stereocenters. The van der Waals surface area contributed by atoms with Crippen molar-refractivity contribution in [1.29, 1.82) is 0 Å². The Kier molecular flexibility index (Phi) is 4.17. The minimum atomic E-state index is -4.76. The van der Waals surface area contributed by atoms with E-state index in [0.29, 0.717) is 0 Å². The van der Waals surface area contributed by atoms with Crippen LogP contribution in [0.25, 0.3) is 0 Å². The van der Waals surface area contributed by atoms with Crippen LogP contribution in [0.5, 0.6) is 5.75 Å². The van der Waals surface area contributed by atoms with Gasteiger partial charge in [0.2, 0.25) is 0 Å². The molecule has 0 aliphatic heterocycles. The maximum Gasteiger partial charge on any atom is 0.573 e. The molecule has 0 amide bonds. The topological polar surface area (TPSA) is 29.5 Å². The van der Waals surface area contributed by atoms with Gasteiger partial charge in [0.05, 0.1) is 0 Å². The van der Waals surface area contributed by atoms with Gasteiger partial charge in [0.25, 0.3) is 0 Å². The quantitative estimate of drug-likeness (QED) is 0.826. The lowest BCUT2D eigenvalue weighted by atomic mass is 10.1. The number of allylic oxidation sites excluding steroid dienone is 1. The number of halogens is 3. The van der Waals surface area contributed by atoms with Gasteiger partial charge in [-0.3, -0.25) is 0 Å². The van der Waals surface area contributed by atoms with E-state index >= 15 is 0 Å². The summed E-state index contributed by atoms with van der Waals surface area (Å²) in [6.45, 7) is 3.49. The zero-order chi connectivity index (χ0) is 13.1. The Labute approximate surface area is 97.3 Å². The smallest absolute Gasteiger partial charge is 0.405 e. The fraction of sp³-hybridized carbons (Fsp3) is 0.333. The molecule has 0 spiro atoms. The average molecular weight is 246 g/mol. The number of benzene rings is 1. The van der Waals surface area contributed by atoms with Gasteiger partial charge in [-0.25, -0.2) is 0 Å². The Hall–Kier alpha value is -1.49. The van der Waals surface area contributed by atoms with Crippen LogP contribution in [0.15, 0.2) is 35.9 Å². The SMILES string of the molecule is CC(C)=CC(O)c1ccccc1OC(F)(F)F. The summed E-state index contributed by atoms with van der Waals surface area (Å²) < 4.78 is 40.2. The third kappa shape index (κ3) is 4.48. The van der Waals surface area contributed by atoms with Gasteiger partial charge >= 0.3 is 6.36 Å². The van der Waals surface area contributed by atoms with Crippen molar-refractivity contribution in [1.82, 2.24) is 0 Å². The van der Waals surface area contributed by atoms with Crippen molar-refractivity contribution in [3.63, 3.8) is 0 Å². The van der Waals surface area contributed by atoms with Crippen LogP contribution >= 0.6 is 0 Å². The highest BCUT2D eigenvalue weighted by molar-refractivity contribution is 5.37. The Morgan fingerprint density at radius 3 is 2.41 bits per heavy atom. The summed E-state index contributed by atoms with van der Waals surface area (Å²) in [4.78, 5) is 0. The molecule has 17 heavy (non-hydrogen) atoms. The van der Waals surface area contributed by atoms with Crippen LogP contribution in [-0.4, -0.2) is 11.5 Å². The largest absolute Gasteiger partial charge is 0.573 e. The van der Waals surface area contributed by atoms with Gasteiger partial charge in [-0.05, 0) is 19.9 Å². The van der Waals surface area contributed by atoms with Crippen LogP contribution in [0.1, 0.15) is 25.5 Å². The lowest BCUT2D eigenvalue weighted by Crippen LogP contribution is -2.18. The summed E-state index contributed by atoms with van der Waals surface area (Å²) >= 11 is 0. The van der Waals surface area contributed by atoms with Gasteiger partial charge in [-0.2, -0.15) is 0 Å². The van der Waals surface area contributed by atoms with Gasteiger partial charge in [-0.15, -0.1) is 13.2 Å². The second-order valence-corrected chi connectivity index (χ2v) is 3.77. The standard InChI is InChI=1S/C12H13F3O2/c1-8(2)7-10(16)9-5-3-4-6-11(9)17-12(13,14)15/h3-7,10,16H,1-2H3. The first-order valence-electron chi connectivity index (χ1n) is 4.97. The second-order valence-electron chi connectivity index (χ2n) is 3.77. The molecular formula is C12H13F3O2. The van der Waals surface area contributed by atoms with Crippen LogP contribution in [-0.2, 0) is 0 Å². The zero-order valence-electron chi connectivity index (χ0n) is 9.45. The van der Waals surface area contributed by atoms with Crippen molar-refractivity contribution in [3.8, 4) is 5.75 Å². The first-order valence-corrected chi connectivity index (χ1v) is 4.97. The number of aliphatic hydroxyl groups is 1. The van der Waals surface area contributed by atoms with Gasteiger partial charge in [0, 0.05) is 5.56 Å². The first-order chi connectivity index (χ1) is 7.79. The van der Waals surface area contributed by atoms with Gasteiger partial charge < -0.3 is 9.84 Å². The van der Waals surface area contributed by atoms with Crippen LogP contribution < -0.4 is 4.74 Å². The molecule has 0 saturated carbocycles. The van der Waals surface area contributed by atoms with E-state index in [4.69, 9.17) is 0 Å². The fourth-order valence-electron chi connectivity index (χ4n) is 1.35. The Balaban J connectivity index is 3.03. The molecule has 0 heterocycles. The Bertz CT molecular complexity index is 406. The molecule has 1 aromatic carbocycles. The van der Waals surface area contributed by atoms with Crippen LogP contribution in [0.3, 0.4) is 0 Å². The minimum Gasteiger partial charge on any atom is -0.405 e. The fourth-order valence-corrected chi connectivity index (χ4v) is 1.35. The van der Waals surface area contributed by atoms with Crippen molar-refractivity contribution in [2.24, 2.45) is 0 Å². The summed E-state index contributed by atoms with van der Waals surface area (Å²) in [5.41, 5.74) is 0.894. The van der Waals surface area contributed by atoms with E-state index in [1.54, 1.807) is 19.9 Å².